The summed E-state index contributed by atoms with van der Waals surface area (Å²) in [7, 11) is 0. The van der Waals surface area contributed by atoms with E-state index in [1.165, 1.54) is 6.07 Å². The van der Waals surface area contributed by atoms with Gasteiger partial charge in [-0.2, -0.15) is 13.2 Å². The number of aryl methyl sites for hydroxylation is 2. The van der Waals surface area contributed by atoms with Crippen LogP contribution in [0.5, 0.6) is 0 Å². The van der Waals surface area contributed by atoms with E-state index in [1.807, 2.05) is 13.0 Å². The molecule has 0 bridgehead atoms. The number of pyridine rings is 1. The van der Waals surface area contributed by atoms with E-state index < -0.39 is 11.7 Å². The Morgan fingerprint density at radius 3 is 2.38 bits per heavy atom. The molecule has 16 heavy (non-hydrogen) atoms. The number of benzene rings is 1. The highest BCUT2D eigenvalue weighted by Gasteiger charge is 2.30. The van der Waals surface area contributed by atoms with Crippen LogP contribution in [0.25, 0.3) is 10.9 Å². The van der Waals surface area contributed by atoms with Crippen LogP contribution in [0.15, 0.2) is 24.3 Å². The third-order valence-electron chi connectivity index (χ3n) is 2.59. The first-order valence-electron chi connectivity index (χ1n) is 4.83. The molecule has 0 amide bonds. The minimum Gasteiger partial charge on any atom is -0.253 e. The normalized spacial score (nSPS) is 12.1. The Morgan fingerprint density at radius 1 is 1.06 bits per heavy atom. The van der Waals surface area contributed by atoms with Gasteiger partial charge in [0.2, 0.25) is 0 Å². The molecule has 2 rings (SSSR count). The molecule has 1 heterocycles. The van der Waals surface area contributed by atoms with E-state index >= 15 is 0 Å². The van der Waals surface area contributed by atoms with Crippen molar-refractivity contribution >= 4 is 10.9 Å². The van der Waals surface area contributed by atoms with Crippen molar-refractivity contribution in [2.24, 2.45) is 0 Å². The topological polar surface area (TPSA) is 12.9 Å². The fraction of sp³-hybridized carbons (Fsp3) is 0.250. The van der Waals surface area contributed by atoms with E-state index in [2.05, 4.69) is 4.98 Å². The lowest BCUT2D eigenvalue weighted by atomic mass is 10.1. The van der Waals surface area contributed by atoms with Crippen molar-refractivity contribution in [3.8, 4) is 0 Å². The molecule has 0 aliphatic carbocycles. The number of nitrogens with zero attached hydrogens (tertiary/aromatic N) is 1. The highest BCUT2D eigenvalue weighted by molar-refractivity contribution is 5.80. The maximum absolute atomic E-state index is 12.5. The summed E-state index contributed by atoms with van der Waals surface area (Å²) >= 11 is 0. The van der Waals surface area contributed by atoms with E-state index in [0.29, 0.717) is 5.52 Å². The van der Waals surface area contributed by atoms with Gasteiger partial charge in [-0.05, 0) is 37.6 Å². The van der Waals surface area contributed by atoms with E-state index in [0.717, 1.165) is 28.8 Å². The number of alkyl halides is 3. The van der Waals surface area contributed by atoms with Crippen molar-refractivity contribution in [1.82, 2.24) is 4.98 Å². The summed E-state index contributed by atoms with van der Waals surface area (Å²) in [4.78, 5) is 4.15. The molecule has 0 unspecified atom stereocenters. The van der Waals surface area contributed by atoms with Crippen LogP contribution in [-0.4, -0.2) is 4.98 Å². The molecule has 0 saturated carbocycles. The molecule has 0 radical (unpaired) electrons. The van der Waals surface area contributed by atoms with Crippen LogP contribution in [0.3, 0.4) is 0 Å². The SMILES string of the molecule is Cc1cc2ccc(C(F)(F)F)cc2nc1C. The Kier molecular flexibility index (Phi) is 2.37. The average Bonchev–Trinajstić information content (AvgIpc) is 2.17. The van der Waals surface area contributed by atoms with Crippen molar-refractivity contribution in [3.05, 3.63) is 41.1 Å². The van der Waals surface area contributed by atoms with Crippen LogP contribution in [0.2, 0.25) is 0 Å². The Hall–Kier alpha value is -1.58. The summed E-state index contributed by atoms with van der Waals surface area (Å²) in [5.74, 6) is 0. The Balaban J connectivity index is 2.67. The number of hydrogen-bond acceptors (Lipinski definition) is 1. The molecule has 0 aliphatic heterocycles. The Morgan fingerprint density at radius 2 is 1.75 bits per heavy atom. The maximum atomic E-state index is 12.5. The maximum Gasteiger partial charge on any atom is 0.416 e. The minimum absolute atomic E-state index is 0.387. The van der Waals surface area contributed by atoms with Gasteiger partial charge in [0.05, 0.1) is 11.1 Å². The van der Waals surface area contributed by atoms with E-state index in [1.54, 1.807) is 6.92 Å². The molecule has 0 spiro atoms. The highest BCUT2D eigenvalue weighted by Crippen LogP contribution is 2.31. The molecule has 2 aromatic rings. The lowest BCUT2D eigenvalue weighted by Crippen LogP contribution is -2.04. The first-order chi connectivity index (χ1) is 7.38. The summed E-state index contributed by atoms with van der Waals surface area (Å²) in [5, 5.41) is 0.733. The zero-order chi connectivity index (χ0) is 11.9. The summed E-state index contributed by atoms with van der Waals surface area (Å²) in [6.45, 7) is 3.68. The number of fused-ring (bicyclic) bond motifs is 1. The van der Waals surface area contributed by atoms with Crippen LogP contribution >= 0.6 is 0 Å². The van der Waals surface area contributed by atoms with Gasteiger partial charge >= 0.3 is 6.18 Å². The minimum atomic E-state index is -4.31. The quantitative estimate of drug-likeness (QED) is 0.663. The fourth-order valence-corrected chi connectivity index (χ4v) is 1.55. The molecular formula is C12H10F3N. The number of rotatable bonds is 0. The monoisotopic (exact) mass is 225 g/mol. The second-order valence-electron chi connectivity index (χ2n) is 3.80. The van der Waals surface area contributed by atoms with Gasteiger partial charge in [0.25, 0.3) is 0 Å². The molecule has 84 valence electrons. The molecule has 1 aromatic carbocycles. The van der Waals surface area contributed by atoms with Gasteiger partial charge in [0.1, 0.15) is 0 Å². The second-order valence-corrected chi connectivity index (χ2v) is 3.80. The molecule has 0 aliphatic rings. The summed E-state index contributed by atoms with van der Waals surface area (Å²) in [6.07, 6.45) is -4.31. The number of hydrogen-bond donors (Lipinski definition) is 0. The van der Waals surface area contributed by atoms with Crippen LogP contribution in [0, 0.1) is 13.8 Å². The van der Waals surface area contributed by atoms with Crippen LogP contribution < -0.4 is 0 Å². The van der Waals surface area contributed by atoms with E-state index in [4.69, 9.17) is 0 Å². The summed E-state index contributed by atoms with van der Waals surface area (Å²) < 4.78 is 37.4. The molecule has 1 aromatic heterocycles. The predicted octanol–water partition coefficient (Wildman–Crippen LogP) is 3.87. The van der Waals surface area contributed by atoms with Crippen molar-refractivity contribution < 1.29 is 13.2 Å². The third-order valence-corrected chi connectivity index (χ3v) is 2.59. The van der Waals surface area contributed by atoms with Gasteiger partial charge in [-0.15, -0.1) is 0 Å². The van der Waals surface area contributed by atoms with Gasteiger partial charge in [-0.3, -0.25) is 4.98 Å². The van der Waals surface area contributed by atoms with Gasteiger partial charge in [-0.25, -0.2) is 0 Å². The predicted molar refractivity (Wildman–Crippen MR) is 56.2 cm³/mol. The van der Waals surface area contributed by atoms with Crippen LogP contribution in [-0.2, 0) is 6.18 Å². The van der Waals surface area contributed by atoms with Crippen molar-refractivity contribution in [2.75, 3.05) is 0 Å². The zero-order valence-electron chi connectivity index (χ0n) is 8.89. The van der Waals surface area contributed by atoms with Crippen molar-refractivity contribution in [2.45, 2.75) is 20.0 Å². The number of halogens is 3. The highest BCUT2D eigenvalue weighted by atomic mass is 19.4. The molecule has 0 fully saturated rings. The third kappa shape index (κ3) is 1.87. The van der Waals surface area contributed by atoms with E-state index in [9.17, 15) is 13.2 Å². The number of aromatic nitrogens is 1. The zero-order valence-corrected chi connectivity index (χ0v) is 8.89. The fourth-order valence-electron chi connectivity index (χ4n) is 1.55. The van der Waals surface area contributed by atoms with Gasteiger partial charge in [0.15, 0.2) is 0 Å². The van der Waals surface area contributed by atoms with Crippen LogP contribution in [0.1, 0.15) is 16.8 Å². The van der Waals surface area contributed by atoms with Crippen molar-refractivity contribution in [3.63, 3.8) is 0 Å². The summed E-state index contributed by atoms with van der Waals surface area (Å²) in [6, 6.07) is 5.47. The molecular weight excluding hydrogens is 215 g/mol. The Labute approximate surface area is 90.9 Å². The standard InChI is InChI=1S/C12H10F3N/c1-7-5-9-3-4-10(12(13,14)15)6-11(9)16-8(7)2/h3-6H,1-2H3. The molecule has 0 saturated heterocycles. The average molecular weight is 225 g/mol. The molecule has 0 atom stereocenters. The summed E-state index contributed by atoms with van der Waals surface area (Å²) in [5.41, 5.74) is 1.47. The molecule has 4 heteroatoms. The Bertz CT molecular complexity index is 544. The smallest absolute Gasteiger partial charge is 0.253 e. The molecule has 0 N–H and O–H groups in total. The first-order valence-corrected chi connectivity index (χ1v) is 4.83. The lowest BCUT2D eigenvalue weighted by Gasteiger charge is -2.08. The van der Waals surface area contributed by atoms with Gasteiger partial charge < -0.3 is 0 Å². The first kappa shape index (κ1) is 10.9. The van der Waals surface area contributed by atoms with Crippen molar-refractivity contribution in [1.29, 1.82) is 0 Å². The van der Waals surface area contributed by atoms with Gasteiger partial charge in [-0.1, -0.05) is 6.07 Å². The van der Waals surface area contributed by atoms with Gasteiger partial charge in [0, 0.05) is 11.1 Å². The van der Waals surface area contributed by atoms with E-state index in [-0.39, 0.29) is 0 Å². The second kappa shape index (κ2) is 3.47. The van der Waals surface area contributed by atoms with Crippen LogP contribution in [0.4, 0.5) is 13.2 Å². The largest absolute Gasteiger partial charge is 0.416 e. The lowest BCUT2D eigenvalue weighted by molar-refractivity contribution is -0.137. The molecule has 1 nitrogen and oxygen atoms in total.